The Hall–Kier alpha value is -1.13. The SMILES string of the molecule is Cc1ccc(O)c(CNCC[C@H]2CCCO2)n1. The molecule has 2 N–H and O–H groups in total. The van der Waals surface area contributed by atoms with Crippen LogP contribution in [0.1, 0.15) is 30.7 Å². The van der Waals surface area contributed by atoms with E-state index in [-0.39, 0.29) is 5.75 Å². The molecule has 0 radical (unpaired) electrons. The lowest BCUT2D eigenvalue weighted by Gasteiger charge is -2.10. The summed E-state index contributed by atoms with van der Waals surface area (Å²) in [5.41, 5.74) is 1.65. The quantitative estimate of drug-likeness (QED) is 0.765. The van der Waals surface area contributed by atoms with Gasteiger partial charge in [0.1, 0.15) is 5.75 Å². The molecule has 0 bridgehead atoms. The maximum absolute atomic E-state index is 9.62. The Balaban J connectivity index is 1.72. The topological polar surface area (TPSA) is 54.4 Å². The van der Waals surface area contributed by atoms with Gasteiger partial charge < -0.3 is 15.2 Å². The van der Waals surface area contributed by atoms with E-state index in [1.54, 1.807) is 6.07 Å². The molecule has 2 heterocycles. The first-order valence-electron chi connectivity index (χ1n) is 6.23. The highest BCUT2D eigenvalue weighted by Gasteiger charge is 2.14. The molecular weight excluding hydrogens is 216 g/mol. The predicted octanol–water partition coefficient (Wildman–Crippen LogP) is 1.75. The normalized spacial score (nSPS) is 19.7. The van der Waals surface area contributed by atoms with Crippen LogP contribution in [0.3, 0.4) is 0 Å². The van der Waals surface area contributed by atoms with Crippen molar-refractivity contribution in [1.29, 1.82) is 0 Å². The molecular formula is C13H20N2O2. The van der Waals surface area contributed by atoms with Gasteiger partial charge in [-0.1, -0.05) is 0 Å². The fourth-order valence-corrected chi connectivity index (χ4v) is 2.08. The number of aromatic nitrogens is 1. The molecule has 4 nitrogen and oxygen atoms in total. The largest absolute Gasteiger partial charge is 0.506 e. The average molecular weight is 236 g/mol. The average Bonchev–Trinajstić information content (AvgIpc) is 2.82. The van der Waals surface area contributed by atoms with Crippen molar-refractivity contribution in [3.05, 3.63) is 23.5 Å². The van der Waals surface area contributed by atoms with E-state index in [4.69, 9.17) is 4.74 Å². The lowest BCUT2D eigenvalue weighted by Crippen LogP contribution is -2.20. The highest BCUT2D eigenvalue weighted by atomic mass is 16.5. The molecule has 0 aromatic carbocycles. The van der Waals surface area contributed by atoms with E-state index in [1.807, 2.05) is 13.0 Å². The minimum Gasteiger partial charge on any atom is -0.506 e. The van der Waals surface area contributed by atoms with E-state index in [2.05, 4.69) is 10.3 Å². The molecule has 17 heavy (non-hydrogen) atoms. The molecule has 1 fully saturated rings. The monoisotopic (exact) mass is 236 g/mol. The number of ether oxygens (including phenoxy) is 1. The van der Waals surface area contributed by atoms with E-state index in [9.17, 15) is 5.11 Å². The van der Waals surface area contributed by atoms with E-state index in [1.165, 1.54) is 12.8 Å². The molecule has 0 amide bonds. The molecule has 0 spiro atoms. The van der Waals surface area contributed by atoms with E-state index in [0.717, 1.165) is 31.0 Å². The van der Waals surface area contributed by atoms with Crippen molar-refractivity contribution in [2.24, 2.45) is 0 Å². The zero-order valence-electron chi connectivity index (χ0n) is 10.3. The van der Waals surface area contributed by atoms with Gasteiger partial charge in [0.2, 0.25) is 0 Å². The maximum atomic E-state index is 9.62. The van der Waals surface area contributed by atoms with Gasteiger partial charge in [-0.05, 0) is 44.9 Å². The van der Waals surface area contributed by atoms with Gasteiger partial charge in [-0.3, -0.25) is 4.98 Å². The molecule has 94 valence electrons. The Morgan fingerprint density at radius 1 is 1.53 bits per heavy atom. The summed E-state index contributed by atoms with van der Waals surface area (Å²) in [6.45, 7) is 4.35. The van der Waals surface area contributed by atoms with Crippen LogP contribution in [0, 0.1) is 6.92 Å². The van der Waals surface area contributed by atoms with Gasteiger partial charge in [-0.25, -0.2) is 0 Å². The third-order valence-electron chi connectivity index (χ3n) is 3.05. The molecule has 1 aliphatic rings. The number of hydrogen-bond acceptors (Lipinski definition) is 4. The smallest absolute Gasteiger partial charge is 0.138 e. The molecule has 1 saturated heterocycles. The van der Waals surface area contributed by atoms with Gasteiger partial charge in [0.15, 0.2) is 0 Å². The highest BCUT2D eigenvalue weighted by Crippen LogP contribution is 2.16. The number of aryl methyl sites for hydroxylation is 1. The summed E-state index contributed by atoms with van der Waals surface area (Å²) in [5, 5.41) is 12.9. The number of pyridine rings is 1. The molecule has 1 aliphatic heterocycles. The van der Waals surface area contributed by atoms with Crippen LogP contribution < -0.4 is 5.32 Å². The fourth-order valence-electron chi connectivity index (χ4n) is 2.08. The summed E-state index contributed by atoms with van der Waals surface area (Å²) in [6.07, 6.45) is 3.81. The van der Waals surface area contributed by atoms with Crippen LogP contribution in [0.5, 0.6) is 5.75 Å². The second-order valence-corrected chi connectivity index (χ2v) is 4.52. The van der Waals surface area contributed by atoms with Crippen molar-refractivity contribution in [2.45, 2.75) is 38.8 Å². The third kappa shape index (κ3) is 3.68. The predicted molar refractivity (Wildman–Crippen MR) is 65.9 cm³/mol. The van der Waals surface area contributed by atoms with E-state index in [0.29, 0.717) is 12.6 Å². The summed E-state index contributed by atoms with van der Waals surface area (Å²) in [4.78, 5) is 4.30. The Bertz CT molecular complexity index is 362. The van der Waals surface area contributed by atoms with Crippen molar-refractivity contribution in [1.82, 2.24) is 10.3 Å². The molecule has 1 aromatic rings. The van der Waals surface area contributed by atoms with E-state index < -0.39 is 0 Å². The van der Waals surface area contributed by atoms with Crippen LogP contribution in [0.15, 0.2) is 12.1 Å². The van der Waals surface area contributed by atoms with Crippen molar-refractivity contribution >= 4 is 0 Å². The first-order valence-corrected chi connectivity index (χ1v) is 6.23. The first-order chi connectivity index (χ1) is 8.25. The number of hydrogen-bond donors (Lipinski definition) is 2. The second-order valence-electron chi connectivity index (χ2n) is 4.52. The minimum absolute atomic E-state index is 0.264. The van der Waals surface area contributed by atoms with Gasteiger partial charge in [-0.15, -0.1) is 0 Å². The van der Waals surface area contributed by atoms with Crippen LogP contribution >= 0.6 is 0 Å². The Morgan fingerprint density at radius 2 is 2.41 bits per heavy atom. The first kappa shape index (κ1) is 12.3. The van der Waals surface area contributed by atoms with Crippen molar-refractivity contribution < 1.29 is 9.84 Å². The third-order valence-corrected chi connectivity index (χ3v) is 3.05. The van der Waals surface area contributed by atoms with Gasteiger partial charge in [-0.2, -0.15) is 0 Å². The molecule has 0 unspecified atom stereocenters. The van der Waals surface area contributed by atoms with E-state index >= 15 is 0 Å². The summed E-state index contributed by atoms with van der Waals surface area (Å²) < 4.78 is 5.54. The molecule has 4 heteroatoms. The zero-order chi connectivity index (χ0) is 12.1. The van der Waals surface area contributed by atoms with Gasteiger partial charge in [0, 0.05) is 18.8 Å². The number of rotatable bonds is 5. The Kier molecular flexibility index (Phi) is 4.34. The van der Waals surface area contributed by atoms with Gasteiger partial charge in [0.25, 0.3) is 0 Å². The molecule has 1 atom stereocenters. The van der Waals surface area contributed by atoms with Crippen LogP contribution in [0.4, 0.5) is 0 Å². The molecule has 0 saturated carbocycles. The zero-order valence-corrected chi connectivity index (χ0v) is 10.3. The number of aromatic hydroxyl groups is 1. The highest BCUT2D eigenvalue weighted by molar-refractivity contribution is 5.27. The van der Waals surface area contributed by atoms with Crippen molar-refractivity contribution in [3.63, 3.8) is 0 Å². The van der Waals surface area contributed by atoms with Crippen molar-refractivity contribution in [2.75, 3.05) is 13.2 Å². The Labute approximate surface area is 102 Å². The Morgan fingerprint density at radius 3 is 3.18 bits per heavy atom. The van der Waals surface area contributed by atoms with Gasteiger partial charge in [0.05, 0.1) is 11.8 Å². The maximum Gasteiger partial charge on any atom is 0.138 e. The summed E-state index contributed by atoms with van der Waals surface area (Å²) in [6, 6.07) is 3.50. The molecule has 0 aliphatic carbocycles. The summed E-state index contributed by atoms with van der Waals surface area (Å²) in [7, 11) is 0. The number of nitrogens with one attached hydrogen (secondary N) is 1. The minimum atomic E-state index is 0.264. The number of nitrogens with zero attached hydrogens (tertiary/aromatic N) is 1. The standard InChI is InChI=1S/C13H20N2O2/c1-10-4-5-13(16)12(15-10)9-14-7-6-11-3-2-8-17-11/h4-5,11,14,16H,2-3,6-9H2,1H3/t11-/m1/s1. The molecule has 2 rings (SSSR count). The van der Waals surface area contributed by atoms with Crippen LogP contribution in [0.25, 0.3) is 0 Å². The summed E-state index contributed by atoms with van der Waals surface area (Å²) in [5.74, 6) is 0.264. The van der Waals surface area contributed by atoms with Crippen LogP contribution in [0.2, 0.25) is 0 Å². The summed E-state index contributed by atoms with van der Waals surface area (Å²) >= 11 is 0. The lowest BCUT2D eigenvalue weighted by atomic mass is 10.2. The fraction of sp³-hybridized carbons (Fsp3) is 0.615. The van der Waals surface area contributed by atoms with Gasteiger partial charge >= 0.3 is 0 Å². The molecule has 1 aromatic heterocycles. The van der Waals surface area contributed by atoms with Crippen LogP contribution in [-0.4, -0.2) is 29.3 Å². The van der Waals surface area contributed by atoms with Crippen LogP contribution in [-0.2, 0) is 11.3 Å². The van der Waals surface area contributed by atoms with Crippen molar-refractivity contribution in [3.8, 4) is 5.75 Å². The second kappa shape index (κ2) is 5.98. The lowest BCUT2D eigenvalue weighted by molar-refractivity contribution is 0.104.